The molecule has 11 heavy (non-hydrogen) atoms. The van der Waals surface area contributed by atoms with Crippen LogP contribution in [-0.4, -0.2) is 5.33 Å². The molecule has 0 amide bonds. The maximum atomic E-state index is 3.25. The number of alkyl halides is 1. The minimum Gasteiger partial charge on any atom is -0.316 e. The number of benzene rings is 1. The molecule has 0 nitrogen and oxygen atoms in total. The summed E-state index contributed by atoms with van der Waals surface area (Å²) in [4.78, 5) is 0. The quantitative estimate of drug-likeness (QED) is 0.578. The summed E-state index contributed by atoms with van der Waals surface area (Å²) >= 11 is 3.25. The van der Waals surface area contributed by atoms with E-state index in [-0.39, 0.29) is 32.7 Å². The fourth-order valence-electron chi connectivity index (χ4n) is 0.646. The first-order chi connectivity index (χ1) is 4.93. The van der Waals surface area contributed by atoms with Crippen LogP contribution in [-0.2, 0) is 32.7 Å². The summed E-state index contributed by atoms with van der Waals surface area (Å²) in [6, 6.07) is 10.9. The van der Waals surface area contributed by atoms with Crippen LogP contribution in [0.2, 0.25) is 0 Å². The Balaban J connectivity index is 0.000001000. The van der Waals surface area contributed by atoms with E-state index in [1.807, 2.05) is 30.3 Å². The van der Waals surface area contributed by atoms with Crippen molar-refractivity contribution >= 4 is 22.0 Å². The molecule has 55 valence electrons. The van der Waals surface area contributed by atoms with Crippen molar-refractivity contribution in [3.8, 4) is 0 Å². The van der Waals surface area contributed by atoms with Gasteiger partial charge in [-0.15, -0.1) is 22.0 Å². The molecule has 0 unspecified atom stereocenters. The standard InChI is InChI=1S/C9H7Br.Y/c10-8-4-7-9-5-2-1-3-6-9;/h1-3,5,7H,8H2;/q-2;. The molecule has 0 aliphatic carbocycles. The van der Waals surface area contributed by atoms with E-state index in [9.17, 15) is 0 Å². The van der Waals surface area contributed by atoms with Crippen LogP contribution in [0.4, 0.5) is 0 Å². The number of hydrogen-bond acceptors (Lipinski definition) is 0. The second kappa shape index (κ2) is 7.21. The molecule has 0 bridgehead atoms. The van der Waals surface area contributed by atoms with Crippen LogP contribution in [0.5, 0.6) is 0 Å². The molecule has 0 aromatic heterocycles. The summed E-state index contributed by atoms with van der Waals surface area (Å²) in [6.07, 6.45) is 4.94. The van der Waals surface area contributed by atoms with Crippen molar-refractivity contribution in [2.24, 2.45) is 0 Å². The van der Waals surface area contributed by atoms with Gasteiger partial charge >= 0.3 is 0 Å². The molecule has 0 saturated carbocycles. The molecule has 0 fully saturated rings. The number of allylic oxidation sites excluding steroid dienone is 1. The van der Waals surface area contributed by atoms with Crippen LogP contribution < -0.4 is 0 Å². The number of rotatable bonds is 2. The minimum absolute atomic E-state index is 0. The molecule has 0 heterocycles. The van der Waals surface area contributed by atoms with Gasteiger partial charge in [-0.3, -0.25) is 0 Å². The first-order valence-electron chi connectivity index (χ1n) is 3.03. The van der Waals surface area contributed by atoms with E-state index >= 15 is 0 Å². The molecule has 0 N–H and O–H groups in total. The van der Waals surface area contributed by atoms with Gasteiger partial charge in [0.05, 0.1) is 0 Å². The number of halogens is 1. The van der Waals surface area contributed by atoms with E-state index in [0.29, 0.717) is 0 Å². The van der Waals surface area contributed by atoms with E-state index < -0.39 is 0 Å². The van der Waals surface area contributed by atoms with Crippen molar-refractivity contribution in [2.75, 3.05) is 5.33 Å². The Morgan fingerprint density at radius 1 is 1.55 bits per heavy atom. The predicted molar refractivity (Wildman–Crippen MR) is 46.8 cm³/mol. The van der Waals surface area contributed by atoms with Crippen LogP contribution >= 0.6 is 15.9 Å². The molecule has 0 spiro atoms. The smallest absolute Gasteiger partial charge is 0 e. The molecule has 0 atom stereocenters. The van der Waals surface area contributed by atoms with Gasteiger partial charge in [0.25, 0.3) is 0 Å². The number of hydrogen-bond donors (Lipinski definition) is 0. The molecule has 1 aromatic carbocycles. The Hall–Kier alpha value is 0.544. The van der Waals surface area contributed by atoms with Crippen LogP contribution in [0.25, 0.3) is 6.08 Å². The van der Waals surface area contributed by atoms with Crippen molar-refractivity contribution in [2.45, 2.75) is 0 Å². The maximum absolute atomic E-state index is 3.25. The topological polar surface area (TPSA) is 0 Å². The molecule has 0 aliphatic heterocycles. The fraction of sp³-hybridized carbons (Fsp3) is 0.111. The molecule has 1 radical (unpaired) electrons. The molecule has 2 heteroatoms. The Labute approximate surface area is 101 Å². The van der Waals surface area contributed by atoms with Gasteiger partial charge < -0.3 is 17.7 Å². The van der Waals surface area contributed by atoms with E-state index in [1.165, 1.54) is 0 Å². The molecule has 0 aliphatic rings. The van der Waals surface area contributed by atoms with Crippen molar-refractivity contribution in [1.29, 1.82) is 0 Å². The third kappa shape index (κ3) is 4.89. The van der Waals surface area contributed by atoms with Crippen LogP contribution in [0.15, 0.2) is 24.3 Å². The van der Waals surface area contributed by atoms with Gasteiger partial charge in [0.1, 0.15) is 0 Å². The summed E-state index contributed by atoms with van der Waals surface area (Å²) in [5, 5.41) is 0.774. The Morgan fingerprint density at radius 2 is 2.36 bits per heavy atom. The summed E-state index contributed by atoms with van der Waals surface area (Å²) in [5.41, 5.74) is 1.07. The van der Waals surface area contributed by atoms with Crippen LogP contribution in [0.3, 0.4) is 0 Å². The molecule has 1 rings (SSSR count). The summed E-state index contributed by atoms with van der Waals surface area (Å²) < 4.78 is 0. The molecular formula is C9H7BrY-2. The van der Waals surface area contributed by atoms with Gasteiger partial charge in [-0.05, 0) is 0 Å². The van der Waals surface area contributed by atoms with Gasteiger partial charge in [-0.1, -0.05) is 5.33 Å². The van der Waals surface area contributed by atoms with Gasteiger partial charge in [-0.2, -0.15) is 12.1 Å². The summed E-state index contributed by atoms with van der Waals surface area (Å²) in [5.74, 6) is 0. The molecular weight excluding hydrogens is 277 g/mol. The monoisotopic (exact) mass is 283 g/mol. The normalized spacial score (nSPS) is 9.55. The van der Waals surface area contributed by atoms with Crippen molar-refractivity contribution in [3.05, 3.63) is 42.0 Å². The average Bonchev–Trinajstić information content (AvgIpc) is 2.03. The molecule has 1 aromatic rings. The average molecular weight is 284 g/mol. The van der Waals surface area contributed by atoms with E-state index in [4.69, 9.17) is 0 Å². The van der Waals surface area contributed by atoms with Crippen LogP contribution in [0.1, 0.15) is 5.56 Å². The first kappa shape index (κ1) is 11.5. The Morgan fingerprint density at radius 3 is 2.91 bits per heavy atom. The van der Waals surface area contributed by atoms with E-state index in [2.05, 4.69) is 28.1 Å². The van der Waals surface area contributed by atoms with Gasteiger partial charge in [0.15, 0.2) is 0 Å². The van der Waals surface area contributed by atoms with Crippen LogP contribution in [0, 0.1) is 12.1 Å². The predicted octanol–water partition coefficient (Wildman–Crippen LogP) is 2.70. The zero-order valence-corrected chi connectivity index (χ0v) is 10.5. The third-order valence-electron chi connectivity index (χ3n) is 1.07. The fourth-order valence-corrected chi connectivity index (χ4v) is 0.807. The first-order valence-corrected chi connectivity index (χ1v) is 4.15. The zero-order valence-electron chi connectivity index (χ0n) is 6.05. The third-order valence-corrected chi connectivity index (χ3v) is 1.39. The van der Waals surface area contributed by atoms with Gasteiger partial charge in [0, 0.05) is 32.7 Å². The van der Waals surface area contributed by atoms with E-state index in [1.54, 1.807) is 0 Å². The summed E-state index contributed by atoms with van der Waals surface area (Å²) in [6.45, 7) is 0. The zero-order chi connectivity index (χ0) is 7.23. The second-order valence-electron chi connectivity index (χ2n) is 1.80. The minimum atomic E-state index is 0. The van der Waals surface area contributed by atoms with E-state index in [0.717, 1.165) is 10.9 Å². The van der Waals surface area contributed by atoms with Crippen molar-refractivity contribution < 1.29 is 32.7 Å². The maximum Gasteiger partial charge on any atom is 0 e. The second-order valence-corrected chi connectivity index (χ2v) is 2.36. The summed E-state index contributed by atoms with van der Waals surface area (Å²) in [7, 11) is 0. The van der Waals surface area contributed by atoms with Crippen molar-refractivity contribution in [3.63, 3.8) is 0 Å². The molecule has 0 saturated heterocycles. The van der Waals surface area contributed by atoms with Gasteiger partial charge in [-0.25, -0.2) is 12.1 Å². The Bertz CT molecular complexity index is 206. The largest absolute Gasteiger partial charge is 0.316 e. The SMILES string of the molecule is BrC[C-]=Cc1[c-]cccc1.[Y]. The van der Waals surface area contributed by atoms with Gasteiger partial charge in [0.2, 0.25) is 0 Å². The van der Waals surface area contributed by atoms with Crippen molar-refractivity contribution in [1.82, 2.24) is 0 Å². The Kier molecular flexibility index (Phi) is 7.56.